The summed E-state index contributed by atoms with van der Waals surface area (Å²) in [5.41, 5.74) is 1.15. The first-order valence-corrected chi connectivity index (χ1v) is 9.22. The van der Waals surface area contributed by atoms with Crippen LogP contribution in [0.2, 0.25) is 0 Å². The first-order valence-electron chi connectivity index (χ1n) is 9.22. The molecule has 1 aliphatic carbocycles. The molecule has 3 rings (SSSR count). The van der Waals surface area contributed by atoms with Crippen molar-refractivity contribution in [3.05, 3.63) is 18.0 Å². The summed E-state index contributed by atoms with van der Waals surface area (Å²) < 4.78 is 1.80. The van der Waals surface area contributed by atoms with Gasteiger partial charge in [0.1, 0.15) is 0 Å². The Balaban J connectivity index is 1.46. The second-order valence-electron chi connectivity index (χ2n) is 7.08. The maximum atomic E-state index is 12.5. The fraction of sp³-hybridized carbons (Fsp3) is 0.778. The zero-order chi connectivity index (χ0) is 16.1. The molecule has 1 aliphatic heterocycles. The highest BCUT2D eigenvalue weighted by atomic mass is 16.2. The van der Waals surface area contributed by atoms with Gasteiger partial charge in [0.05, 0.1) is 6.20 Å². The van der Waals surface area contributed by atoms with Gasteiger partial charge in [-0.15, -0.1) is 0 Å². The molecule has 23 heavy (non-hydrogen) atoms. The van der Waals surface area contributed by atoms with E-state index in [1.807, 2.05) is 19.4 Å². The van der Waals surface area contributed by atoms with Crippen LogP contribution in [-0.4, -0.2) is 57.7 Å². The minimum atomic E-state index is 0.305. The molecule has 2 fully saturated rings. The molecule has 128 valence electrons. The van der Waals surface area contributed by atoms with Crippen LogP contribution in [0.1, 0.15) is 50.5 Å². The van der Waals surface area contributed by atoms with E-state index in [9.17, 15) is 4.79 Å². The van der Waals surface area contributed by atoms with Crippen molar-refractivity contribution in [1.82, 2.24) is 19.6 Å². The molecule has 0 aromatic carbocycles. The highest BCUT2D eigenvalue weighted by molar-refractivity contribution is 5.76. The fourth-order valence-corrected chi connectivity index (χ4v) is 4.01. The molecule has 0 N–H and O–H groups in total. The number of hydrogen-bond acceptors (Lipinski definition) is 3. The Morgan fingerprint density at radius 2 is 1.96 bits per heavy atom. The van der Waals surface area contributed by atoms with Gasteiger partial charge in [0.2, 0.25) is 5.91 Å². The van der Waals surface area contributed by atoms with Gasteiger partial charge >= 0.3 is 0 Å². The summed E-state index contributed by atoms with van der Waals surface area (Å²) in [5, 5.41) is 4.17. The summed E-state index contributed by atoms with van der Waals surface area (Å²) in [4.78, 5) is 17.2. The summed E-state index contributed by atoms with van der Waals surface area (Å²) >= 11 is 0. The van der Waals surface area contributed by atoms with E-state index in [4.69, 9.17) is 0 Å². The Bertz CT molecular complexity index is 507. The third-order valence-corrected chi connectivity index (χ3v) is 5.36. The topological polar surface area (TPSA) is 41.4 Å². The van der Waals surface area contributed by atoms with Gasteiger partial charge in [-0.2, -0.15) is 5.10 Å². The monoisotopic (exact) mass is 318 g/mol. The van der Waals surface area contributed by atoms with Crippen LogP contribution in [0.25, 0.3) is 0 Å². The normalized spacial score (nSPS) is 21.3. The van der Waals surface area contributed by atoms with Gasteiger partial charge in [-0.25, -0.2) is 0 Å². The fourth-order valence-electron chi connectivity index (χ4n) is 4.01. The van der Waals surface area contributed by atoms with Crippen molar-refractivity contribution in [3.63, 3.8) is 0 Å². The van der Waals surface area contributed by atoms with Gasteiger partial charge in [0, 0.05) is 51.9 Å². The predicted octanol–water partition coefficient (Wildman–Crippen LogP) is 2.22. The summed E-state index contributed by atoms with van der Waals surface area (Å²) in [7, 11) is 1.92. The number of carbonyl (C=O) groups excluding carboxylic acids is 1. The van der Waals surface area contributed by atoms with Crippen LogP contribution in [0.15, 0.2) is 12.4 Å². The van der Waals surface area contributed by atoms with Crippen molar-refractivity contribution in [3.8, 4) is 0 Å². The van der Waals surface area contributed by atoms with E-state index in [2.05, 4.69) is 14.9 Å². The van der Waals surface area contributed by atoms with Crippen molar-refractivity contribution in [2.75, 3.05) is 26.2 Å². The standard InChI is InChI=1S/C18H30N4O/c1-20-15-16(14-19-20)8-9-18(23)22-11-5-10-21(12-13-22)17-6-3-2-4-7-17/h14-15,17H,2-13H2,1H3. The molecule has 1 aromatic heterocycles. The lowest BCUT2D eigenvalue weighted by atomic mass is 9.94. The van der Waals surface area contributed by atoms with Crippen molar-refractivity contribution >= 4 is 5.91 Å². The summed E-state index contributed by atoms with van der Waals surface area (Å²) in [6.45, 7) is 4.05. The smallest absolute Gasteiger partial charge is 0.222 e. The summed E-state index contributed by atoms with van der Waals surface area (Å²) in [5.74, 6) is 0.305. The zero-order valence-electron chi connectivity index (χ0n) is 14.4. The van der Waals surface area contributed by atoms with Crippen LogP contribution in [-0.2, 0) is 18.3 Å². The molecule has 0 bridgehead atoms. The molecule has 0 radical (unpaired) electrons. The molecular weight excluding hydrogens is 288 g/mol. The lowest BCUT2D eigenvalue weighted by Gasteiger charge is -2.33. The molecule has 1 amide bonds. The highest BCUT2D eigenvalue weighted by Crippen LogP contribution is 2.23. The molecule has 2 heterocycles. The Kier molecular flexibility index (Phi) is 5.70. The third-order valence-electron chi connectivity index (χ3n) is 5.36. The lowest BCUT2D eigenvalue weighted by molar-refractivity contribution is -0.131. The number of aryl methyl sites for hydroxylation is 2. The van der Waals surface area contributed by atoms with E-state index in [0.717, 1.165) is 50.6 Å². The van der Waals surface area contributed by atoms with Crippen molar-refractivity contribution in [1.29, 1.82) is 0 Å². The van der Waals surface area contributed by atoms with E-state index in [0.29, 0.717) is 12.3 Å². The Morgan fingerprint density at radius 3 is 2.70 bits per heavy atom. The van der Waals surface area contributed by atoms with Crippen LogP contribution in [0.5, 0.6) is 0 Å². The van der Waals surface area contributed by atoms with Gasteiger partial charge in [-0.05, 0) is 31.2 Å². The number of rotatable bonds is 4. The number of amides is 1. The van der Waals surface area contributed by atoms with Crippen LogP contribution < -0.4 is 0 Å². The van der Waals surface area contributed by atoms with Crippen molar-refractivity contribution in [2.24, 2.45) is 7.05 Å². The van der Waals surface area contributed by atoms with E-state index in [-0.39, 0.29) is 0 Å². The van der Waals surface area contributed by atoms with E-state index in [1.165, 1.54) is 32.1 Å². The van der Waals surface area contributed by atoms with E-state index < -0.39 is 0 Å². The van der Waals surface area contributed by atoms with Gasteiger partial charge < -0.3 is 4.90 Å². The Labute approximate surface area is 139 Å². The zero-order valence-corrected chi connectivity index (χ0v) is 14.4. The number of carbonyl (C=O) groups is 1. The van der Waals surface area contributed by atoms with E-state index in [1.54, 1.807) is 4.68 Å². The average Bonchev–Trinajstić information content (AvgIpc) is 2.85. The van der Waals surface area contributed by atoms with Crippen LogP contribution in [0.3, 0.4) is 0 Å². The van der Waals surface area contributed by atoms with Crippen LogP contribution >= 0.6 is 0 Å². The molecule has 5 nitrogen and oxygen atoms in total. The molecule has 2 aliphatic rings. The Morgan fingerprint density at radius 1 is 1.13 bits per heavy atom. The van der Waals surface area contributed by atoms with Crippen LogP contribution in [0, 0.1) is 0 Å². The average molecular weight is 318 g/mol. The number of hydrogen-bond donors (Lipinski definition) is 0. The number of aromatic nitrogens is 2. The first kappa shape index (κ1) is 16.5. The molecular formula is C18H30N4O. The van der Waals surface area contributed by atoms with Crippen molar-refractivity contribution in [2.45, 2.75) is 57.4 Å². The van der Waals surface area contributed by atoms with E-state index >= 15 is 0 Å². The summed E-state index contributed by atoms with van der Waals surface area (Å²) in [6, 6.07) is 0.772. The maximum Gasteiger partial charge on any atom is 0.222 e. The minimum absolute atomic E-state index is 0.305. The highest BCUT2D eigenvalue weighted by Gasteiger charge is 2.25. The SMILES string of the molecule is Cn1cc(CCC(=O)N2CCCN(C3CCCCC3)CC2)cn1. The van der Waals surface area contributed by atoms with Gasteiger partial charge in [0.15, 0.2) is 0 Å². The lowest BCUT2D eigenvalue weighted by Crippen LogP contribution is -2.40. The van der Waals surface area contributed by atoms with Gasteiger partial charge in [0.25, 0.3) is 0 Å². The second kappa shape index (κ2) is 7.95. The Hall–Kier alpha value is -1.36. The molecule has 0 atom stereocenters. The quantitative estimate of drug-likeness (QED) is 0.855. The van der Waals surface area contributed by atoms with Gasteiger partial charge in [-0.1, -0.05) is 19.3 Å². The molecule has 0 unspecified atom stereocenters. The third kappa shape index (κ3) is 4.56. The summed E-state index contributed by atoms with van der Waals surface area (Å²) in [6.07, 6.45) is 13.3. The predicted molar refractivity (Wildman–Crippen MR) is 91.2 cm³/mol. The first-order chi connectivity index (χ1) is 11.2. The molecule has 1 aromatic rings. The second-order valence-corrected chi connectivity index (χ2v) is 7.08. The van der Waals surface area contributed by atoms with Crippen molar-refractivity contribution < 1.29 is 4.79 Å². The molecule has 0 spiro atoms. The minimum Gasteiger partial charge on any atom is -0.341 e. The van der Waals surface area contributed by atoms with Crippen LogP contribution in [0.4, 0.5) is 0 Å². The molecule has 1 saturated carbocycles. The molecule has 5 heteroatoms. The largest absolute Gasteiger partial charge is 0.341 e. The van der Waals surface area contributed by atoms with Gasteiger partial charge in [-0.3, -0.25) is 14.4 Å². The number of nitrogens with zero attached hydrogens (tertiary/aromatic N) is 4. The molecule has 1 saturated heterocycles. The maximum absolute atomic E-state index is 12.5.